The predicted molar refractivity (Wildman–Crippen MR) is 103 cm³/mol. The number of aryl methyl sites for hydroxylation is 1. The molecule has 3 rings (SSSR count). The fourth-order valence-electron chi connectivity index (χ4n) is 2.81. The maximum atomic E-state index is 12.8. The molecular formula is C21H22N4O2. The van der Waals surface area contributed by atoms with Crippen molar-refractivity contribution in [3.8, 4) is 0 Å². The van der Waals surface area contributed by atoms with E-state index in [0.29, 0.717) is 12.1 Å². The number of benzene rings is 2. The third-order valence-electron chi connectivity index (χ3n) is 4.28. The van der Waals surface area contributed by atoms with Crippen LogP contribution in [0.3, 0.4) is 0 Å². The lowest BCUT2D eigenvalue weighted by molar-refractivity contribution is -0.119. The summed E-state index contributed by atoms with van der Waals surface area (Å²) in [5.74, 6) is 0.493. The molecule has 6 nitrogen and oxygen atoms in total. The molecule has 1 heterocycles. The minimum Gasteiger partial charge on any atom is -0.352 e. The molecule has 0 saturated heterocycles. The van der Waals surface area contributed by atoms with E-state index in [4.69, 9.17) is 0 Å². The van der Waals surface area contributed by atoms with Crippen molar-refractivity contribution >= 4 is 11.8 Å². The van der Waals surface area contributed by atoms with Crippen LogP contribution in [0.5, 0.6) is 0 Å². The second-order valence-electron chi connectivity index (χ2n) is 6.32. The summed E-state index contributed by atoms with van der Waals surface area (Å²) in [5.41, 5.74) is 2.45. The van der Waals surface area contributed by atoms with Gasteiger partial charge in [-0.25, -0.2) is 4.98 Å². The van der Waals surface area contributed by atoms with E-state index in [1.54, 1.807) is 18.3 Å². The standard InChI is InChI=1S/C21H22N4O2/c1-15(26)23-14-16-8-10-18(11-9-16)21(27)24-19(17-6-4-3-5-7-17)20-22-12-13-25(20)2/h3-13,19H,14H2,1-2H3,(H,23,26)(H,24,27)/t19-/m0/s1. The molecular weight excluding hydrogens is 340 g/mol. The second-order valence-corrected chi connectivity index (χ2v) is 6.32. The van der Waals surface area contributed by atoms with Gasteiger partial charge in [-0.2, -0.15) is 0 Å². The summed E-state index contributed by atoms with van der Waals surface area (Å²) < 4.78 is 1.90. The number of nitrogens with zero attached hydrogens (tertiary/aromatic N) is 2. The molecule has 2 amide bonds. The smallest absolute Gasteiger partial charge is 0.252 e. The molecule has 138 valence electrons. The number of aromatic nitrogens is 2. The van der Waals surface area contributed by atoms with Gasteiger partial charge >= 0.3 is 0 Å². The van der Waals surface area contributed by atoms with Gasteiger partial charge in [0.05, 0.1) is 0 Å². The van der Waals surface area contributed by atoms with Gasteiger partial charge in [0, 0.05) is 38.5 Å². The Hall–Kier alpha value is -3.41. The molecule has 0 aliphatic rings. The normalized spacial score (nSPS) is 11.6. The lowest BCUT2D eigenvalue weighted by Crippen LogP contribution is -2.31. The first kappa shape index (κ1) is 18.4. The lowest BCUT2D eigenvalue weighted by Gasteiger charge is -2.19. The highest BCUT2D eigenvalue weighted by Crippen LogP contribution is 2.21. The number of carbonyl (C=O) groups excluding carboxylic acids is 2. The van der Waals surface area contributed by atoms with E-state index in [-0.39, 0.29) is 17.9 Å². The van der Waals surface area contributed by atoms with Crippen molar-refractivity contribution in [2.75, 3.05) is 0 Å². The molecule has 27 heavy (non-hydrogen) atoms. The Labute approximate surface area is 158 Å². The molecule has 3 aromatic rings. The fourth-order valence-corrected chi connectivity index (χ4v) is 2.81. The Kier molecular flexibility index (Phi) is 5.66. The van der Waals surface area contributed by atoms with Crippen LogP contribution in [-0.4, -0.2) is 21.4 Å². The predicted octanol–water partition coefficient (Wildman–Crippen LogP) is 2.58. The summed E-state index contributed by atoms with van der Waals surface area (Å²) in [6.07, 6.45) is 3.57. The number of rotatable bonds is 6. The SMILES string of the molecule is CC(=O)NCc1ccc(C(=O)N[C@@H](c2ccccc2)c2nccn2C)cc1. The molecule has 2 N–H and O–H groups in total. The highest BCUT2D eigenvalue weighted by Gasteiger charge is 2.21. The lowest BCUT2D eigenvalue weighted by atomic mass is 10.0. The number of imidazole rings is 1. The van der Waals surface area contributed by atoms with Crippen LogP contribution < -0.4 is 10.6 Å². The first-order valence-electron chi connectivity index (χ1n) is 8.71. The van der Waals surface area contributed by atoms with Crippen LogP contribution >= 0.6 is 0 Å². The largest absolute Gasteiger partial charge is 0.352 e. The molecule has 0 aliphatic carbocycles. The van der Waals surface area contributed by atoms with E-state index < -0.39 is 0 Å². The van der Waals surface area contributed by atoms with Crippen LogP contribution in [0.1, 0.15) is 40.3 Å². The molecule has 0 radical (unpaired) electrons. The first-order valence-corrected chi connectivity index (χ1v) is 8.71. The van der Waals surface area contributed by atoms with E-state index in [9.17, 15) is 9.59 Å². The molecule has 0 saturated carbocycles. The summed E-state index contributed by atoms with van der Waals surface area (Å²) in [6.45, 7) is 1.92. The van der Waals surface area contributed by atoms with Crippen LogP contribution in [0.25, 0.3) is 0 Å². The van der Waals surface area contributed by atoms with Crippen LogP contribution in [0.2, 0.25) is 0 Å². The Morgan fingerprint density at radius 1 is 1.07 bits per heavy atom. The van der Waals surface area contributed by atoms with E-state index >= 15 is 0 Å². The van der Waals surface area contributed by atoms with Gasteiger partial charge in [-0.3, -0.25) is 9.59 Å². The van der Waals surface area contributed by atoms with Gasteiger partial charge in [0.15, 0.2) is 0 Å². The second kappa shape index (κ2) is 8.31. The van der Waals surface area contributed by atoms with Crippen molar-refractivity contribution in [3.05, 3.63) is 89.5 Å². The van der Waals surface area contributed by atoms with Gasteiger partial charge < -0.3 is 15.2 Å². The number of hydrogen-bond acceptors (Lipinski definition) is 3. The number of nitrogens with one attached hydrogen (secondary N) is 2. The third-order valence-corrected chi connectivity index (χ3v) is 4.28. The van der Waals surface area contributed by atoms with E-state index in [2.05, 4.69) is 15.6 Å². The van der Waals surface area contributed by atoms with Crippen LogP contribution in [0.4, 0.5) is 0 Å². The van der Waals surface area contributed by atoms with Crippen LogP contribution in [-0.2, 0) is 18.4 Å². The molecule has 2 aromatic carbocycles. The van der Waals surface area contributed by atoms with Gasteiger partial charge in [0.2, 0.25) is 5.91 Å². The summed E-state index contributed by atoms with van der Waals surface area (Å²) in [7, 11) is 1.90. The van der Waals surface area contributed by atoms with Gasteiger partial charge in [-0.1, -0.05) is 42.5 Å². The maximum Gasteiger partial charge on any atom is 0.252 e. The molecule has 1 aromatic heterocycles. The number of hydrogen-bond donors (Lipinski definition) is 2. The fraction of sp³-hybridized carbons (Fsp3) is 0.190. The van der Waals surface area contributed by atoms with Crippen molar-refractivity contribution in [2.45, 2.75) is 19.5 Å². The third kappa shape index (κ3) is 4.61. The summed E-state index contributed by atoms with van der Waals surface area (Å²) >= 11 is 0. The molecule has 0 unspecified atom stereocenters. The highest BCUT2D eigenvalue weighted by atomic mass is 16.2. The Morgan fingerprint density at radius 3 is 2.37 bits per heavy atom. The average Bonchev–Trinajstić information content (AvgIpc) is 3.11. The molecule has 1 atom stereocenters. The Bertz CT molecular complexity index is 917. The van der Waals surface area contributed by atoms with Crippen molar-refractivity contribution in [2.24, 2.45) is 7.05 Å². The minimum atomic E-state index is -0.349. The summed E-state index contributed by atoms with van der Waals surface area (Å²) in [5, 5.41) is 5.81. The van der Waals surface area contributed by atoms with Gasteiger partial charge in [-0.05, 0) is 23.3 Å². The molecule has 0 bridgehead atoms. The zero-order valence-electron chi connectivity index (χ0n) is 15.3. The first-order chi connectivity index (χ1) is 13.0. The van der Waals surface area contributed by atoms with Crippen molar-refractivity contribution in [3.63, 3.8) is 0 Å². The summed E-state index contributed by atoms with van der Waals surface area (Å²) in [4.78, 5) is 28.2. The monoisotopic (exact) mass is 362 g/mol. The van der Waals surface area contributed by atoms with Crippen molar-refractivity contribution in [1.29, 1.82) is 0 Å². The topological polar surface area (TPSA) is 76.0 Å². The maximum absolute atomic E-state index is 12.8. The summed E-state index contributed by atoms with van der Waals surface area (Å²) in [6, 6.07) is 16.6. The molecule has 0 fully saturated rings. The zero-order chi connectivity index (χ0) is 19.2. The Balaban J connectivity index is 1.79. The molecule has 0 spiro atoms. The van der Waals surface area contributed by atoms with Gasteiger partial charge in [-0.15, -0.1) is 0 Å². The van der Waals surface area contributed by atoms with Gasteiger partial charge in [0.1, 0.15) is 11.9 Å². The zero-order valence-corrected chi connectivity index (χ0v) is 15.3. The average molecular weight is 362 g/mol. The molecule has 6 heteroatoms. The molecule has 0 aliphatic heterocycles. The minimum absolute atomic E-state index is 0.0856. The van der Waals surface area contributed by atoms with Crippen LogP contribution in [0, 0.1) is 0 Å². The highest BCUT2D eigenvalue weighted by molar-refractivity contribution is 5.94. The van der Waals surface area contributed by atoms with Gasteiger partial charge in [0.25, 0.3) is 5.91 Å². The van der Waals surface area contributed by atoms with E-state index in [0.717, 1.165) is 17.0 Å². The van der Waals surface area contributed by atoms with E-state index in [1.165, 1.54) is 6.92 Å². The van der Waals surface area contributed by atoms with Crippen LogP contribution in [0.15, 0.2) is 67.0 Å². The quantitative estimate of drug-likeness (QED) is 0.708. The van der Waals surface area contributed by atoms with E-state index in [1.807, 2.05) is 60.3 Å². The Morgan fingerprint density at radius 2 is 1.78 bits per heavy atom. The van der Waals surface area contributed by atoms with Crippen molar-refractivity contribution < 1.29 is 9.59 Å². The number of carbonyl (C=O) groups is 2. The number of amides is 2. The van der Waals surface area contributed by atoms with Crippen molar-refractivity contribution in [1.82, 2.24) is 20.2 Å².